The Bertz CT molecular complexity index is 635. The van der Waals surface area contributed by atoms with Crippen molar-refractivity contribution < 1.29 is 17.9 Å². The van der Waals surface area contributed by atoms with Gasteiger partial charge in [-0.05, 0) is 25.0 Å². The van der Waals surface area contributed by atoms with Crippen LogP contribution in [0.25, 0.3) is 0 Å². The molecule has 1 fully saturated rings. The third-order valence-electron chi connectivity index (χ3n) is 3.59. The first kappa shape index (κ1) is 14.8. The van der Waals surface area contributed by atoms with Gasteiger partial charge in [-0.3, -0.25) is 5.10 Å². The Morgan fingerprint density at radius 2 is 1.91 bits per heavy atom. The lowest BCUT2D eigenvalue weighted by atomic mass is 10.00. The summed E-state index contributed by atoms with van der Waals surface area (Å²) in [4.78, 5) is 4.25. The van der Waals surface area contributed by atoms with E-state index in [0.717, 1.165) is 18.9 Å². The third kappa shape index (κ3) is 3.22. The maximum Gasteiger partial charge on any atom is 0.418 e. The fraction of sp³-hybridized carbons (Fsp3) is 0.429. The van der Waals surface area contributed by atoms with E-state index in [9.17, 15) is 13.2 Å². The number of hydrogen-bond acceptors (Lipinski definition) is 4. The second kappa shape index (κ2) is 5.96. The first-order valence-electron chi connectivity index (χ1n) is 6.97. The molecular weight excluding hydrogens is 297 g/mol. The Hall–Kier alpha value is -2.09. The Kier molecular flexibility index (Phi) is 4.02. The van der Waals surface area contributed by atoms with Crippen molar-refractivity contribution in [3.05, 3.63) is 35.7 Å². The van der Waals surface area contributed by atoms with Gasteiger partial charge in [-0.15, -0.1) is 5.10 Å². The molecule has 1 aromatic carbocycles. The normalized spacial score (nSPS) is 16.7. The van der Waals surface area contributed by atoms with Crippen LogP contribution in [0.4, 0.5) is 24.8 Å². The molecule has 1 aliphatic heterocycles. The van der Waals surface area contributed by atoms with Gasteiger partial charge in [-0.25, -0.2) is 0 Å². The minimum atomic E-state index is -4.43. The van der Waals surface area contributed by atoms with Crippen molar-refractivity contribution in [1.29, 1.82) is 0 Å². The lowest BCUT2D eigenvalue weighted by Gasteiger charge is -2.19. The smallest absolute Gasteiger partial charge is 0.381 e. The number of anilines is 2. The van der Waals surface area contributed by atoms with Crippen molar-refractivity contribution in [3.8, 4) is 0 Å². The first-order valence-corrected chi connectivity index (χ1v) is 6.97. The molecule has 5 nitrogen and oxygen atoms in total. The summed E-state index contributed by atoms with van der Waals surface area (Å²) < 4.78 is 44.1. The molecule has 2 N–H and O–H groups in total. The van der Waals surface area contributed by atoms with Gasteiger partial charge in [0, 0.05) is 19.1 Å². The third-order valence-corrected chi connectivity index (χ3v) is 3.59. The monoisotopic (exact) mass is 312 g/mol. The molecule has 22 heavy (non-hydrogen) atoms. The standard InChI is InChI=1S/C14H15F3N4O/c15-14(16,17)10-3-1-2-4-11(10)18-13-19-12(20-21-13)9-5-7-22-8-6-9/h1-4,9H,5-8H2,(H2,18,19,20,21). The maximum atomic E-state index is 12.9. The Labute approximate surface area is 124 Å². The van der Waals surface area contributed by atoms with E-state index in [-0.39, 0.29) is 17.6 Å². The zero-order chi connectivity index (χ0) is 15.6. The zero-order valence-electron chi connectivity index (χ0n) is 11.7. The number of hydrogen-bond donors (Lipinski definition) is 2. The molecule has 2 heterocycles. The number of nitrogens with zero attached hydrogens (tertiary/aromatic N) is 2. The number of aromatic amines is 1. The van der Waals surface area contributed by atoms with Crippen LogP contribution in [-0.2, 0) is 10.9 Å². The van der Waals surface area contributed by atoms with Crippen molar-refractivity contribution in [2.24, 2.45) is 0 Å². The van der Waals surface area contributed by atoms with E-state index < -0.39 is 11.7 Å². The maximum absolute atomic E-state index is 12.9. The van der Waals surface area contributed by atoms with Crippen LogP contribution in [0, 0.1) is 0 Å². The van der Waals surface area contributed by atoms with Crippen LogP contribution in [0.5, 0.6) is 0 Å². The molecule has 0 atom stereocenters. The summed E-state index contributed by atoms with van der Waals surface area (Å²) in [5.74, 6) is 1.02. The van der Waals surface area contributed by atoms with Crippen molar-refractivity contribution in [2.45, 2.75) is 24.9 Å². The summed E-state index contributed by atoms with van der Waals surface area (Å²) in [5, 5.41) is 9.38. The molecule has 1 aromatic heterocycles. The van der Waals surface area contributed by atoms with Crippen molar-refractivity contribution in [2.75, 3.05) is 18.5 Å². The summed E-state index contributed by atoms with van der Waals surface area (Å²) in [5.41, 5.74) is -0.806. The Morgan fingerprint density at radius 3 is 2.64 bits per heavy atom. The van der Waals surface area contributed by atoms with Crippen LogP contribution in [-0.4, -0.2) is 28.4 Å². The lowest BCUT2D eigenvalue weighted by molar-refractivity contribution is -0.136. The number of rotatable bonds is 3. The summed E-state index contributed by atoms with van der Waals surface area (Å²) in [6.07, 6.45) is -2.77. The van der Waals surface area contributed by atoms with E-state index in [0.29, 0.717) is 19.0 Å². The van der Waals surface area contributed by atoms with Crippen LogP contribution in [0.1, 0.15) is 30.1 Å². The molecule has 2 aromatic rings. The predicted octanol–water partition coefficient (Wildman–Crippen LogP) is 3.46. The van der Waals surface area contributed by atoms with Crippen molar-refractivity contribution in [3.63, 3.8) is 0 Å². The van der Waals surface area contributed by atoms with E-state index in [1.807, 2.05) is 0 Å². The SMILES string of the molecule is FC(F)(F)c1ccccc1Nc1n[nH]c(C2CCOCC2)n1. The highest BCUT2D eigenvalue weighted by molar-refractivity contribution is 5.59. The fourth-order valence-electron chi connectivity index (χ4n) is 2.44. The second-order valence-corrected chi connectivity index (χ2v) is 5.10. The summed E-state index contributed by atoms with van der Waals surface area (Å²) in [7, 11) is 0. The fourth-order valence-corrected chi connectivity index (χ4v) is 2.44. The highest BCUT2D eigenvalue weighted by atomic mass is 19.4. The lowest BCUT2D eigenvalue weighted by Crippen LogP contribution is -2.15. The average Bonchev–Trinajstić information content (AvgIpc) is 2.96. The number of nitrogens with one attached hydrogen (secondary N) is 2. The van der Waals surface area contributed by atoms with E-state index in [1.165, 1.54) is 18.2 Å². The summed E-state index contributed by atoms with van der Waals surface area (Å²) >= 11 is 0. The first-order chi connectivity index (χ1) is 10.5. The summed E-state index contributed by atoms with van der Waals surface area (Å²) in [6.45, 7) is 1.32. The molecule has 0 aliphatic carbocycles. The zero-order valence-corrected chi connectivity index (χ0v) is 11.7. The van der Waals surface area contributed by atoms with E-state index in [4.69, 9.17) is 4.74 Å². The topological polar surface area (TPSA) is 62.8 Å². The number of halogens is 3. The highest BCUT2D eigenvalue weighted by Gasteiger charge is 2.33. The van der Waals surface area contributed by atoms with Gasteiger partial charge >= 0.3 is 6.18 Å². The Morgan fingerprint density at radius 1 is 1.18 bits per heavy atom. The van der Waals surface area contributed by atoms with Crippen LogP contribution >= 0.6 is 0 Å². The number of H-pyrrole nitrogens is 1. The van der Waals surface area contributed by atoms with E-state index in [1.54, 1.807) is 0 Å². The van der Waals surface area contributed by atoms with Gasteiger partial charge in [-0.1, -0.05) is 12.1 Å². The number of aromatic nitrogens is 3. The van der Waals surface area contributed by atoms with Gasteiger partial charge in [0.25, 0.3) is 0 Å². The quantitative estimate of drug-likeness (QED) is 0.911. The average molecular weight is 312 g/mol. The van der Waals surface area contributed by atoms with Gasteiger partial charge in [0.1, 0.15) is 5.82 Å². The number of alkyl halides is 3. The van der Waals surface area contributed by atoms with Crippen LogP contribution in [0.3, 0.4) is 0 Å². The molecule has 0 spiro atoms. The molecule has 0 saturated carbocycles. The van der Waals surface area contributed by atoms with Gasteiger partial charge in [0.2, 0.25) is 5.95 Å². The predicted molar refractivity (Wildman–Crippen MR) is 73.9 cm³/mol. The van der Waals surface area contributed by atoms with Crippen molar-refractivity contribution in [1.82, 2.24) is 15.2 Å². The molecule has 1 saturated heterocycles. The van der Waals surface area contributed by atoms with Crippen LogP contribution in [0.2, 0.25) is 0 Å². The molecule has 0 amide bonds. The molecule has 3 rings (SSSR count). The molecule has 118 valence electrons. The van der Waals surface area contributed by atoms with Gasteiger partial charge in [0.15, 0.2) is 0 Å². The van der Waals surface area contributed by atoms with Crippen molar-refractivity contribution >= 4 is 11.6 Å². The second-order valence-electron chi connectivity index (χ2n) is 5.10. The number of para-hydroxylation sites is 1. The Balaban J connectivity index is 1.78. The largest absolute Gasteiger partial charge is 0.418 e. The minimum absolute atomic E-state index is 0.0625. The molecular formula is C14H15F3N4O. The summed E-state index contributed by atoms with van der Waals surface area (Å²) in [6, 6.07) is 5.25. The molecule has 8 heteroatoms. The van der Waals surface area contributed by atoms with Gasteiger partial charge in [-0.2, -0.15) is 18.2 Å². The number of ether oxygens (including phenoxy) is 1. The number of benzene rings is 1. The van der Waals surface area contributed by atoms with E-state index in [2.05, 4.69) is 20.5 Å². The minimum Gasteiger partial charge on any atom is -0.381 e. The molecule has 0 unspecified atom stereocenters. The van der Waals surface area contributed by atoms with Crippen LogP contribution < -0.4 is 5.32 Å². The molecule has 1 aliphatic rings. The van der Waals surface area contributed by atoms with E-state index >= 15 is 0 Å². The van der Waals surface area contributed by atoms with Crippen LogP contribution in [0.15, 0.2) is 24.3 Å². The highest BCUT2D eigenvalue weighted by Crippen LogP contribution is 2.35. The van der Waals surface area contributed by atoms with Gasteiger partial charge in [0.05, 0.1) is 11.3 Å². The molecule has 0 bridgehead atoms. The van der Waals surface area contributed by atoms with Gasteiger partial charge < -0.3 is 10.1 Å². The molecule has 0 radical (unpaired) electrons.